The van der Waals surface area contributed by atoms with Crippen LogP contribution >= 0.6 is 0 Å². The van der Waals surface area contributed by atoms with Crippen LogP contribution in [-0.4, -0.2) is 24.8 Å². The second kappa shape index (κ2) is 37.7. The Labute approximate surface area is 432 Å². The van der Waals surface area contributed by atoms with Gasteiger partial charge in [-0.2, -0.15) is 0 Å². The molecule has 1 aliphatic carbocycles. The van der Waals surface area contributed by atoms with Gasteiger partial charge in [0, 0.05) is 12.6 Å². The lowest BCUT2D eigenvalue weighted by Gasteiger charge is -2.46. The molecule has 0 aromatic heterocycles. The number of carbonyl (C=O) groups is 2. The molecule has 0 bridgehead atoms. The summed E-state index contributed by atoms with van der Waals surface area (Å²) >= 11 is 0. The summed E-state index contributed by atoms with van der Waals surface area (Å²) in [5, 5.41) is 6.53. The van der Waals surface area contributed by atoms with Crippen LogP contribution in [0.1, 0.15) is 295 Å². The average molecular weight is 972 g/mol. The predicted octanol–water partition coefficient (Wildman–Crippen LogP) is 19.9. The summed E-state index contributed by atoms with van der Waals surface area (Å²) in [5.41, 5.74) is 4.88. The maximum Gasteiger partial charge on any atom is 0.412 e. The van der Waals surface area contributed by atoms with Crippen molar-refractivity contribution in [3.63, 3.8) is 0 Å². The van der Waals surface area contributed by atoms with E-state index in [1.165, 1.54) is 215 Å². The minimum Gasteiger partial charge on any atom is -0.410 e. The van der Waals surface area contributed by atoms with E-state index in [0.717, 1.165) is 69.3 Å². The molecule has 2 N–H and O–H groups in total. The first-order valence-electron chi connectivity index (χ1n) is 30.2. The van der Waals surface area contributed by atoms with Crippen molar-refractivity contribution in [2.75, 3.05) is 6.54 Å². The third kappa shape index (κ3) is 27.2. The van der Waals surface area contributed by atoms with Crippen LogP contribution in [-0.2, 0) is 25.7 Å². The van der Waals surface area contributed by atoms with Crippen molar-refractivity contribution in [3.8, 4) is 11.5 Å². The molecule has 2 aromatic carbocycles. The van der Waals surface area contributed by atoms with Crippen LogP contribution in [0.15, 0.2) is 36.4 Å². The van der Waals surface area contributed by atoms with E-state index in [9.17, 15) is 9.59 Å². The summed E-state index contributed by atoms with van der Waals surface area (Å²) in [6.45, 7) is 16.4. The van der Waals surface area contributed by atoms with Crippen molar-refractivity contribution in [2.24, 2.45) is 10.8 Å². The van der Waals surface area contributed by atoms with Crippen LogP contribution in [0.5, 0.6) is 11.5 Å². The van der Waals surface area contributed by atoms with Gasteiger partial charge in [-0.05, 0) is 116 Å². The highest BCUT2D eigenvalue weighted by Crippen LogP contribution is 2.46. The van der Waals surface area contributed by atoms with E-state index in [2.05, 4.69) is 83.4 Å². The number of rotatable bonds is 41. The number of aryl methyl sites for hydroxylation is 2. The van der Waals surface area contributed by atoms with Crippen LogP contribution in [0.25, 0.3) is 0 Å². The highest BCUT2D eigenvalue weighted by atomic mass is 16.6. The van der Waals surface area contributed by atoms with Crippen LogP contribution in [0.2, 0.25) is 0 Å². The Hall–Kier alpha value is -3.02. The first-order chi connectivity index (χ1) is 34.0. The molecular weight excluding hydrogens is 861 g/mol. The predicted molar refractivity (Wildman–Crippen MR) is 301 cm³/mol. The molecule has 2 aromatic rings. The fourth-order valence-corrected chi connectivity index (χ4v) is 11.8. The molecule has 1 fully saturated rings. The number of hydrogen-bond donors (Lipinski definition) is 2. The number of amides is 2. The number of ether oxygens (including phenoxy) is 2. The van der Waals surface area contributed by atoms with Crippen molar-refractivity contribution in [2.45, 2.75) is 305 Å². The standard InChI is InChI=1S/C64H110N2O4/c1-8-12-16-20-24-28-32-36-42-54-44-40-48-59(57(54)46-38-34-30-26-22-18-14-10-3)69-61(67)65-53-64(7)51-56(50-63(5,6)52-64)66-62(68)70-60-49-41-45-55(43-37-33-29-25-21-17-13-9-2)58(60)47-39-35-31-27-23-19-15-11-4/h40-41,44-45,48-49,56H,8-39,42-43,46-47,50-53H2,1-7H3,(H,65,67)(H,66,68). The fraction of sp³-hybridized carbons (Fsp3) is 0.781. The van der Waals surface area contributed by atoms with Gasteiger partial charge in [-0.3, -0.25) is 0 Å². The maximum absolute atomic E-state index is 13.9. The van der Waals surface area contributed by atoms with E-state index in [0.29, 0.717) is 6.54 Å². The first-order valence-corrected chi connectivity index (χ1v) is 30.2. The molecule has 6 heteroatoms. The first kappa shape index (κ1) is 61.3. The van der Waals surface area contributed by atoms with Crippen molar-refractivity contribution in [1.82, 2.24) is 10.6 Å². The van der Waals surface area contributed by atoms with Crippen molar-refractivity contribution < 1.29 is 19.1 Å². The molecule has 3 rings (SSSR count). The SMILES string of the molecule is CCCCCCCCCCc1cccc(OC(=O)NCC2(C)CC(NC(=O)Oc3cccc(CCCCCCCCCC)c3CCCCCCCCCC)CC(C)(C)C2)c1CCCCCCCCCC. The van der Waals surface area contributed by atoms with E-state index >= 15 is 0 Å². The highest BCUT2D eigenvalue weighted by molar-refractivity contribution is 5.72. The van der Waals surface area contributed by atoms with Crippen molar-refractivity contribution >= 4 is 12.2 Å². The van der Waals surface area contributed by atoms with Crippen LogP contribution < -0.4 is 20.1 Å². The zero-order chi connectivity index (χ0) is 50.6. The monoisotopic (exact) mass is 971 g/mol. The summed E-state index contributed by atoms with van der Waals surface area (Å²) in [6, 6.07) is 12.6. The van der Waals surface area contributed by atoms with E-state index in [4.69, 9.17) is 9.47 Å². The van der Waals surface area contributed by atoms with E-state index in [-0.39, 0.29) is 29.1 Å². The Morgan fingerprint density at radius 1 is 0.457 bits per heavy atom. The molecule has 0 aliphatic heterocycles. The van der Waals surface area contributed by atoms with Gasteiger partial charge in [-0.25, -0.2) is 9.59 Å². The Morgan fingerprint density at radius 2 is 0.800 bits per heavy atom. The lowest BCUT2D eigenvalue weighted by atomic mass is 9.62. The largest absolute Gasteiger partial charge is 0.412 e. The van der Waals surface area contributed by atoms with Gasteiger partial charge in [0.1, 0.15) is 11.5 Å². The second-order valence-corrected chi connectivity index (χ2v) is 23.2. The summed E-state index contributed by atoms with van der Waals surface area (Å²) in [7, 11) is 0. The number of hydrogen-bond acceptors (Lipinski definition) is 4. The second-order valence-electron chi connectivity index (χ2n) is 23.2. The number of carbonyl (C=O) groups excluding carboxylic acids is 2. The Bertz CT molecular complexity index is 1650. The molecule has 6 nitrogen and oxygen atoms in total. The third-order valence-electron chi connectivity index (χ3n) is 15.5. The zero-order valence-electron chi connectivity index (χ0n) is 47.0. The molecule has 0 saturated heterocycles. The molecular formula is C64H110N2O4. The van der Waals surface area contributed by atoms with Crippen molar-refractivity contribution in [3.05, 3.63) is 58.7 Å². The molecule has 1 aliphatic rings. The van der Waals surface area contributed by atoms with Gasteiger partial charge in [0.25, 0.3) is 0 Å². The quantitative estimate of drug-likeness (QED) is 0.0651. The van der Waals surface area contributed by atoms with Gasteiger partial charge in [0.15, 0.2) is 0 Å². The number of unbranched alkanes of at least 4 members (excludes halogenated alkanes) is 28. The summed E-state index contributed by atoms with van der Waals surface area (Å²) in [5.74, 6) is 1.45. The van der Waals surface area contributed by atoms with E-state index in [1.54, 1.807) is 0 Å². The summed E-state index contributed by atoms with van der Waals surface area (Å²) < 4.78 is 12.5. The lowest BCUT2D eigenvalue weighted by molar-refractivity contribution is 0.0701. The topological polar surface area (TPSA) is 76.7 Å². The molecule has 0 heterocycles. The van der Waals surface area contributed by atoms with Gasteiger partial charge in [0.05, 0.1) is 0 Å². The summed E-state index contributed by atoms with van der Waals surface area (Å²) in [6.07, 6.45) is 47.1. The molecule has 2 amide bonds. The fourth-order valence-electron chi connectivity index (χ4n) is 11.8. The molecule has 0 spiro atoms. The summed E-state index contributed by atoms with van der Waals surface area (Å²) in [4.78, 5) is 27.6. The highest BCUT2D eigenvalue weighted by Gasteiger charge is 2.42. The maximum atomic E-state index is 13.9. The number of nitrogens with one attached hydrogen (secondary N) is 2. The minimum absolute atomic E-state index is 0.0266. The average Bonchev–Trinajstić information content (AvgIpc) is 3.32. The molecule has 70 heavy (non-hydrogen) atoms. The van der Waals surface area contributed by atoms with Gasteiger partial charge in [-0.1, -0.05) is 253 Å². The molecule has 400 valence electrons. The zero-order valence-corrected chi connectivity index (χ0v) is 47.0. The van der Waals surface area contributed by atoms with Gasteiger partial charge < -0.3 is 20.1 Å². The Kier molecular flexibility index (Phi) is 33.0. The Morgan fingerprint density at radius 3 is 1.19 bits per heavy atom. The lowest BCUT2D eigenvalue weighted by Crippen LogP contribution is -2.51. The van der Waals surface area contributed by atoms with Crippen LogP contribution in [0.4, 0.5) is 9.59 Å². The minimum atomic E-state index is -0.384. The molecule has 2 unspecified atom stereocenters. The van der Waals surface area contributed by atoms with Crippen LogP contribution in [0, 0.1) is 10.8 Å². The number of benzene rings is 2. The molecule has 1 saturated carbocycles. The Balaban J connectivity index is 1.63. The molecule has 2 atom stereocenters. The van der Waals surface area contributed by atoms with Gasteiger partial charge in [-0.15, -0.1) is 0 Å². The third-order valence-corrected chi connectivity index (χ3v) is 15.5. The normalized spacial score (nSPS) is 16.6. The van der Waals surface area contributed by atoms with Gasteiger partial charge in [0.2, 0.25) is 0 Å². The van der Waals surface area contributed by atoms with Crippen LogP contribution in [0.3, 0.4) is 0 Å². The van der Waals surface area contributed by atoms with Crippen molar-refractivity contribution in [1.29, 1.82) is 0 Å². The van der Waals surface area contributed by atoms with E-state index in [1.807, 2.05) is 12.1 Å². The molecule has 0 radical (unpaired) electrons. The van der Waals surface area contributed by atoms with E-state index < -0.39 is 0 Å². The smallest absolute Gasteiger partial charge is 0.410 e. The van der Waals surface area contributed by atoms with Gasteiger partial charge >= 0.3 is 12.2 Å².